The number of halogens is 4. The van der Waals surface area contributed by atoms with Gasteiger partial charge in [-0.1, -0.05) is 36.4 Å². The Hall–Kier alpha value is -4.47. The fourth-order valence-corrected chi connectivity index (χ4v) is 3.67. The predicted octanol–water partition coefficient (Wildman–Crippen LogP) is 5.39. The molecule has 34 heavy (non-hydrogen) atoms. The monoisotopic (exact) mass is 466 g/mol. The normalized spacial score (nSPS) is 11.2. The quantitative estimate of drug-likeness (QED) is 0.285. The van der Waals surface area contributed by atoms with Crippen molar-refractivity contribution in [2.24, 2.45) is 0 Å². The smallest absolute Gasteiger partial charge is 0.261 e. The largest absolute Gasteiger partial charge is 0.491 e. The summed E-state index contributed by atoms with van der Waals surface area (Å²) >= 11 is 0. The van der Waals surface area contributed by atoms with E-state index in [1.807, 2.05) is 42.5 Å². The van der Waals surface area contributed by atoms with Crippen LogP contribution in [0.15, 0.2) is 60.7 Å². The summed E-state index contributed by atoms with van der Waals surface area (Å²) in [4.78, 5) is 13.9. The molecule has 0 saturated heterocycles. The van der Waals surface area contributed by atoms with Crippen LogP contribution in [0.3, 0.4) is 0 Å². The van der Waals surface area contributed by atoms with Gasteiger partial charge in [0.2, 0.25) is 11.6 Å². The van der Waals surface area contributed by atoms with Crippen molar-refractivity contribution < 1.29 is 27.1 Å². The maximum absolute atomic E-state index is 14.3. The van der Waals surface area contributed by atoms with Gasteiger partial charge in [0.1, 0.15) is 16.6 Å². The van der Waals surface area contributed by atoms with Crippen LogP contribution in [0.2, 0.25) is 0 Å². The van der Waals surface area contributed by atoms with Crippen LogP contribution in [-0.2, 0) is 0 Å². The molecule has 0 radical (unpaired) electrons. The Balaban J connectivity index is 1.50. The third-order valence-corrected chi connectivity index (χ3v) is 5.27. The first-order valence-corrected chi connectivity index (χ1v) is 9.95. The van der Waals surface area contributed by atoms with Crippen LogP contribution in [0.5, 0.6) is 5.75 Å². The van der Waals surface area contributed by atoms with E-state index >= 15 is 0 Å². The number of rotatable bonds is 4. The Bertz CT molecular complexity index is 1570. The summed E-state index contributed by atoms with van der Waals surface area (Å²) in [5, 5.41) is 13.0. The topological polar surface area (TPSA) is 69.0 Å². The van der Waals surface area contributed by atoms with Gasteiger partial charge in [-0.05, 0) is 29.7 Å². The first-order valence-electron chi connectivity index (χ1n) is 9.95. The first kappa shape index (κ1) is 21.4. The molecule has 1 heterocycles. The second kappa shape index (κ2) is 8.14. The number of hydrogen-bond acceptors (Lipinski definition) is 4. The molecule has 4 aromatic carbocycles. The Morgan fingerprint density at radius 2 is 1.53 bits per heavy atom. The molecule has 0 aliphatic carbocycles. The lowest BCUT2D eigenvalue weighted by atomic mass is 10.1. The van der Waals surface area contributed by atoms with Crippen molar-refractivity contribution in [3.63, 3.8) is 0 Å². The Morgan fingerprint density at radius 3 is 2.26 bits per heavy atom. The molecule has 5 aromatic rings. The molecular formula is C24H14F4N4O2. The highest BCUT2D eigenvalue weighted by molar-refractivity contribution is 6.05. The Labute approximate surface area is 189 Å². The summed E-state index contributed by atoms with van der Waals surface area (Å²) < 4.78 is 60.8. The minimum absolute atomic E-state index is 0.0953. The number of methoxy groups -OCH3 is 1. The number of ether oxygens (including phenoxy) is 1. The zero-order chi connectivity index (χ0) is 24.0. The number of amides is 1. The number of carbonyl (C=O) groups is 1. The molecular weight excluding hydrogens is 452 g/mol. The third-order valence-electron chi connectivity index (χ3n) is 5.27. The maximum Gasteiger partial charge on any atom is 0.261 e. The fraction of sp³-hybridized carbons (Fsp3) is 0.0417. The average molecular weight is 466 g/mol. The fourth-order valence-electron chi connectivity index (χ4n) is 3.67. The van der Waals surface area contributed by atoms with Gasteiger partial charge >= 0.3 is 0 Å². The molecule has 1 aromatic heterocycles. The standard InChI is InChI=1S/C24H14F4N4O2/c1-34-23-21(27)19(25)18(20(26)22(23)28)24(33)29-13-9-10-15-16(11-13)31-32(30-15)17-8-4-6-12-5-2-3-7-14(12)17/h2-11H,1H3,(H,29,33). The van der Waals surface area contributed by atoms with E-state index in [2.05, 4.69) is 20.3 Å². The van der Waals surface area contributed by atoms with Crippen molar-refractivity contribution in [3.8, 4) is 11.4 Å². The van der Waals surface area contributed by atoms with Crippen LogP contribution in [0.4, 0.5) is 23.2 Å². The highest BCUT2D eigenvalue weighted by Crippen LogP contribution is 2.30. The van der Waals surface area contributed by atoms with Crippen LogP contribution in [-0.4, -0.2) is 28.0 Å². The molecule has 6 nitrogen and oxygen atoms in total. The maximum atomic E-state index is 14.3. The number of aromatic nitrogens is 3. The molecule has 0 fully saturated rings. The molecule has 1 amide bonds. The van der Waals surface area contributed by atoms with Crippen molar-refractivity contribution in [3.05, 3.63) is 89.5 Å². The first-order chi connectivity index (χ1) is 16.4. The minimum atomic E-state index is -1.86. The summed E-state index contributed by atoms with van der Waals surface area (Å²) in [6, 6.07) is 17.8. The lowest BCUT2D eigenvalue weighted by molar-refractivity contribution is 0.101. The van der Waals surface area contributed by atoms with Gasteiger partial charge in [0.25, 0.3) is 5.91 Å². The second-order valence-corrected chi connectivity index (χ2v) is 7.31. The molecule has 0 unspecified atom stereocenters. The molecule has 10 heteroatoms. The summed E-state index contributed by atoms with van der Waals surface area (Å²) in [7, 11) is 0.848. The van der Waals surface area contributed by atoms with Gasteiger partial charge in [-0.15, -0.1) is 15.0 Å². The van der Waals surface area contributed by atoms with E-state index in [4.69, 9.17) is 0 Å². The number of carbonyl (C=O) groups excluding carboxylic acids is 1. The zero-order valence-corrected chi connectivity index (χ0v) is 17.4. The number of fused-ring (bicyclic) bond motifs is 2. The molecule has 0 aliphatic heterocycles. The van der Waals surface area contributed by atoms with Crippen LogP contribution >= 0.6 is 0 Å². The minimum Gasteiger partial charge on any atom is -0.491 e. The highest BCUT2D eigenvalue weighted by atomic mass is 19.2. The lowest BCUT2D eigenvalue weighted by Gasteiger charge is -2.11. The molecule has 0 aliphatic rings. The molecule has 5 rings (SSSR count). The molecule has 0 spiro atoms. The highest BCUT2D eigenvalue weighted by Gasteiger charge is 2.30. The van der Waals surface area contributed by atoms with E-state index < -0.39 is 40.5 Å². The van der Waals surface area contributed by atoms with E-state index in [1.54, 1.807) is 6.07 Å². The van der Waals surface area contributed by atoms with E-state index in [0.717, 1.165) is 23.6 Å². The van der Waals surface area contributed by atoms with Crippen LogP contribution in [0, 0.1) is 23.3 Å². The summed E-state index contributed by atoms with van der Waals surface area (Å²) in [6.07, 6.45) is 0. The Morgan fingerprint density at radius 1 is 0.853 bits per heavy atom. The molecule has 0 bridgehead atoms. The summed E-state index contributed by atoms with van der Waals surface area (Å²) in [5.41, 5.74) is 0.282. The van der Waals surface area contributed by atoms with Crippen molar-refractivity contribution in [1.29, 1.82) is 0 Å². The van der Waals surface area contributed by atoms with Gasteiger partial charge < -0.3 is 10.1 Å². The average Bonchev–Trinajstić information content (AvgIpc) is 3.26. The van der Waals surface area contributed by atoms with Crippen molar-refractivity contribution in [2.75, 3.05) is 12.4 Å². The van der Waals surface area contributed by atoms with Crippen LogP contribution in [0.25, 0.3) is 27.5 Å². The summed E-state index contributed by atoms with van der Waals surface area (Å²) in [6.45, 7) is 0. The van der Waals surface area contributed by atoms with Gasteiger partial charge in [0.05, 0.1) is 12.8 Å². The number of hydrogen-bond donors (Lipinski definition) is 1. The molecule has 170 valence electrons. The molecule has 1 N–H and O–H groups in total. The molecule has 0 saturated carbocycles. The van der Waals surface area contributed by atoms with Crippen LogP contribution in [0.1, 0.15) is 10.4 Å². The van der Waals surface area contributed by atoms with Crippen molar-refractivity contribution in [2.45, 2.75) is 0 Å². The zero-order valence-electron chi connectivity index (χ0n) is 17.4. The van der Waals surface area contributed by atoms with E-state index in [-0.39, 0.29) is 5.69 Å². The van der Waals surface area contributed by atoms with E-state index in [1.165, 1.54) is 16.9 Å². The molecule has 0 atom stereocenters. The van der Waals surface area contributed by atoms with Gasteiger partial charge in [0.15, 0.2) is 17.4 Å². The number of nitrogens with zero attached hydrogens (tertiary/aromatic N) is 3. The van der Waals surface area contributed by atoms with Gasteiger partial charge in [-0.2, -0.15) is 8.78 Å². The number of anilines is 1. The van der Waals surface area contributed by atoms with E-state index in [9.17, 15) is 22.4 Å². The van der Waals surface area contributed by atoms with Crippen molar-refractivity contribution in [1.82, 2.24) is 15.0 Å². The third kappa shape index (κ3) is 3.40. The van der Waals surface area contributed by atoms with Gasteiger partial charge in [-0.25, -0.2) is 8.78 Å². The van der Waals surface area contributed by atoms with Gasteiger partial charge in [-0.3, -0.25) is 4.79 Å². The summed E-state index contributed by atoms with van der Waals surface area (Å²) in [5.74, 6) is -9.97. The lowest BCUT2D eigenvalue weighted by Crippen LogP contribution is -2.18. The van der Waals surface area contributed by atoms with Gasteiger partial charge in [0, 0.05) is 11.1 Å². The SMILES string of the molecule is COc1c(F)c(F)c(C(=O)Nc2ccc3nn(-c4cccc5ccccc45)nc3c2)c(F)c1F. The number of benzene rings is 4. The second-order valence-electron chi connectivity index (χ2n) is 7.31. The Kier molecular flexibility index (Phi) is 5.12. The van der Waals surface area contributed by atoms with Crippen molar-refractivity contribution >= 4 is 33.4 Å². The van der Waals surface area contributed by atoms with E-state index in [0.29, 0.717) is 11.0 Å². The van der Waals surface area contributed by atoms with Crippen LogP contribution < -0.4 is 10.1 Å². The number of nitrogens with one attached hydrogen (secondary N) is 1. The predicted molar refractivity (Wildman–Crippen MR) is 117 cm³/mol.